The van der Waals surface area contributed by atoms with E-state index in [0.717, 1.165) is 23.8 Å². The molecule has 0 bridgehead atoms. The van der Waals surface area contributed by atoms with Gasteiger partial charge in [-0.3, -0.25) is 0 Å². The summed E-state index contributed by atoms with van der Waals surface area (Å²) in [5.41, 5.74) is 5.67. The van der Waals surface area contributed by atoms with Gasteiger partial charge >= 0.3 is 6.18 Å². The Kier molecular flexibility index (Phi) is 4.22. The van der Waals surface area contributed by atoms with Crippen LogP contribution >= 0.6 is 11.3 Å². The summed E-state index contributed by atoms with van der Waals surface area (Å²) in [6.45, 7) is 1.58. The normalized spacial score (nSPS) is 21.7. The van der Waals surface area contributed by atoms with Crippen LogP contribution in [0.25, 0.3) is 10.6 Å². The first-order valence-corrected chi connectivity index (χ1v) is 9.30. The van der Waals surface area contributed by atoms with E-state index >= 15 is 0 Å². The van der Waals surface area contributed by atoms with E-state index in [4.69, 9.17) is 5.73 Å². The Bertz CT molecular complexity index is 857. The van der Waals surface area contributed by atoms with Crippen LogP contribution in [0.3, 0.4) is 0 Å². The highest BCUT2D eigenvalue weighted by molar-refractivity contribution is 7.89. The lowest BCUT2D eigenvalue weighted by atomic mass is 9.88. The van der Waals surface area contributed by atoms with E-state index in [1.807, 2.05) is 0 Å². The maximum absolute atomic E-state index is 12.6. The van der Waals surface area contributed by atoms with Gasteiger partial charge in [-0.25, -0.2) is 13.1 Å². The minimum atomic E-state index is -4.64. The summed E-state index contributed by atoms with van der Waals surface area (Å²) >= 11 is 1.03. The lowest BCUT2D eigenvalue weighted by Gasteiger charge is -2.33. The molecule has 2 aromatic heterocycles. The van der Waals surface area contributed by atoms with Crippen LogP contribution in [0.5, 0.6) is 0 Å². The van der Waals surface area contributed by atoms with E-state index in [0.29, 0.717) is 11.3 Å². The topological polar surface area (TPSA) is 98.2 Å². The van der Waals surface area contributed by atoms with E-state index in [1.54, 1.807) is 6.92 Å². The lowest BCUT2D eigenvalue weighted by Crippen LogP contribution is -2.54. The van der Waals surface area contributed by atoms with Crippen LogP contribution in [0.1, 0.15) is 23.5 Å². The van der Waals surface area contributed by atoms with Gasteiger partial charge in [0.1, 0.15) is 5.69 Å². The Morgan fingerprint density at radius 1 is 1.38 bits per heavy atom. The van der Waals surface area contributed by atoms with E-state index in [9.17, 15) is 21.6 Å². The molecule has 0 unspecified atom stereocenters. The van der Waals surface area contributed by atoms with Gasteiger partial charge in [-0.05, 0) is 25.8 Å². The van der Waals surface area contributed by atoms with Gasteiger partial charge in [-0.15, -0.1) is 11.3 Å². The summed E-state index contributed by atoms with van der Waals surface area (Å²) in [6.07, 6.45) is -3.23. The summed E-state index contributed by atoms with van der Waals surface area (Å²) < 4.78 is 69.4. The van der Waals surface area contributed by atoms with Gasteiger partial charge in [-0.1, -0.05) is 5.16 Å². The number of hydrogen-bond donors (Lipinski definition) is 2. The Morgan fingerprint density at radius 3 is 2.58 bits per heavy atom. The fourth-order valence-corrected chi connectivity index (χ4v) is 5.18. The smallest absolute Gasteiger partial charge is 0.351 e. The number of aromatic nitrogens is 1. The zero-order valence-electron chi connectivity index (χ0n) is 12.4. The molecule has 2 heterocycles. The van der Waals surface area contributed by atoms with Crippen LogP contribution in [0, 0.1) is 6.92 Å². The molecule has 0 aliphatic heterocycles. The monoisotopic (exact) mass is 381 g/mol. The number of rotatable bonds is 4. The van der Waals surface area contributed by atoms with Gasteiger partial charge in [0.25, 0.3) is 0 Å². The average Bonchev–Trinajstić information content (AvgIpc) is 3.09. The molecule has 0 spiro atoms. The van der Waals surface area contributed by atoms with Crippen molar-refractivity contribution in [1.29, 1.82) is 0 Å². The van der Waals surface area contributed by atoms with Crippen LogP contribution in [0.2, 0.25) is 0 Å². The first-order valence-electron chi connectivity index (χ1n) is 7.00. The number of alkyl halides is 3. The largest absolute Gasteiger partial charge is 0.452 e. The summed E-state index contributed by atoms with van der Waals surface area (Å²) in [5, 5.41) is 3.37. The molecule has 3 N–H and O–H groups in total. The van der Waals surface area contributed by atoms with Crippen LogP contribution in [-0.2, 0) is 16.2 Å². The standard InChI is InChI=1S/C13H14F3N3O3S2/c1-6-11(24(20,21)19-8-3-2-7(8)17)5-10(23-6)9-4-12(22-18-9)13(14,15)16/h4-5,7-8,19H,2-3,17H2,1H3/t7-,8+/m1/s1. The first kappa shape index (κ1) is 17.4. The molecule has 3 rings (SSSR count). The quantitative estimate of drug-likeness (QED) is 0.848. The highest BCUT2D eigenvalue weighted by Crippen LogP contribution is 2.37. The summed E-state index contributed by atoms with van der Waals surface area (Å²) in [4.78, 5) is 0.741. The average molecular weight is 381 g/mol. The first-order chi connectivity index (χ1) is 11.1. The minimum Gasteiger partial charge on any atom is -0.351 e. The van der Waals surface area contributed by atoms with E-state index in [2.05, 4.69) is 14.4 Å². The number of halogens is 3. The van der Waals surface area contributed by atoms with Gasteiger partial charge in [0.05, 0.1) is 9.77 Å². The van der Waals surface area contributed by atoms with Crippen molar-refractivity contribution in [2.24, 2.45) is 5.73 Å². The number of sulfonamides is 1. The molecule has 1 aliphatic carbocycles. The predicted molar refractivity (Wildman–Crippen MR) is 80.9 cm³/mol. The van der Waals surface area contributed by atoms with E-state index < -0.39 is 22.0 Å². The van der Waals surface area contributed by atoms with Crippen molar-refractivity contribution < 1.29 is 26.1 Å². The van der Waals surface area contributed by atoms with Crippen molar-refractivity contribution in [2.45, 2.75) is 42.9 Å². The van der Waals surface area contributed by atoms with Crippen molar-refractivity contribution in [3.8, 4) is 10.6 Å². The molecular formula is C13H14F3N3O3S2. The molecule has 2 aromatic rings. The molecule has 1 aliphatic rings. The molecule has 1 fully saturated rings. The molecule has 0 aromatic carbocycles. The Balaban J connectivity index is 1.88. The van der Waals surface area contributed by atoms with E-state index in [1.165, 1.54) is 6.07 Å². The van der Waals surface area contributed by atoms with Crippen LogP contribution < -0.4 is 10.5 Å². The molecule has 2 atom stereocenters. The van der Waals surface area contributed by atoms with Gasteiger partial charge < -0.3 is 10.3 Å². The predicted octanol–water partition coefficient (Wildman–Crippen LogP) is 2.50. The molecule has 1 saturated carbocycles. The molecule has 0 saturated heterocycles. The van der Waals surface area contributed by atoms with Gasteiger partial charge in [0.2, 0.25) is 15.8 Å². The van der Waals surface area contributed by atoms with Gasteiger partial charge in [0.15, 0.2) is 0 Å². The number of thiophene rings is 1. The van der Waals surface area contributed by atoms with Crippen LogP contribution in [-0.4, -0.2) is 25.7 Å². The van der Waals surface area contributed by atoms with E-state index in [-0.39, 0.29) is 27.6 Å². The van der Waals surface area contributed by atoms with Gasteiger partial charge in [-0.2, -0.15) is 13.2 Å². The second-order valence-electron chi connectivity index (χ2n) is 5.57. The SMILES string of the molecule is Cc1sc(-c2cc(C(F)(F)F)on2)cc1S(=O)(=O)N[C@H]1CC[C@H]1N. The summed E-state index contributed by atoms with van der Waals surface area (Å²) in [6, 6.07) is 1.51. The fraction of sp³-hybridized carbons (Fsp3) is 0.462. The van der Waals surface area contributed by atoms with Crippen LogP contribution in [0.15, 0.2) is 21.6 Å². The highest BCUT2D eigenvalue weighted by Gasteiger charge is 2.37. The second kappa shape index (κ2) is 5.83. The molecule has 0 radical (unpaired) electrons. The molecule has 24 heavy (non-hydrogen) atoms. The number of hydrogen-bond acceptors (Lipinski definition) is 6. The Labute approximate surface area is 139 Å². The Hall–Kier alpha value is -1.43. The maximum Gasteiger partial charge on any atom is 0.452 e. The molecule has 6 nitrogen and oxygen atoms in total. The zero-order chi connectivity index (χ0) is 17.7. The fourth-order valence-electron chi connectivity index (χ4n) is 2.32. The highest BCUT2D eigenvalue weighted by atomic mass is 32.2. The van der Waals surface area contributed by atoms with Gasteiger partial charge in [0, 0.05) is 23.0 Å². The summed E-state index contributed by atoms with van der Waals surface area (Å²) in [7, 11) is -3.79. The van der Waals surface area contributed by atoms with Crippen molar-refractivity contribution in [3.63, 3.8) is 0 Å². The number of nitrogens with zero attached hydrogens (tertiary/aromatic N) is 1. The molecular weight excluding hydrogens is 367 g/mol. The molecule has 0 amide bonds. The minimum absolute atomic E-state index is 0.0122. The molecule has 132 valence electrons. The Morgan fingerprint density at radius 2 is 2.08 bits per heavy atom. The third-order valence-corrected chi connectivity index (χ3v) is 6.66. The third kappa shape index (κ3) is 3.21. The van der Waals surface area contributed by atoms with Crippen molar-refractivity contribution >= 4 is 21.4 Å². The number of nitrogens with two attached hydrogens (primary N) is 1. The number of aryl methyl sites for hydroxylation is 1. The summed E-state index contributed by atoms with van der Waals surface area (Å²) in [5.74, 6) is -1.23. The number of nitrogens with one attached hydrogen (secondary N) is 1. The van der Waals surface area contributed by atoms with Crippen molar-refractivity contribution in [3.05, 3.63) is 22.8 Å². The van der Waals surface area contributed by atoms with Crippen molar-refractivity contribution in [1.82, 2.24) is 9.88 Å². The molecule has 11 heteroatoms. The second-order valence-corrected chi connectivity index (χ2v) is 8.51. The van der Waals surface area contributed by atoms with Crippen LogP contribution in [0.4, 0.5) is 13.2 Å². The van der Waals surface area contributed by atoms with Crippen molar-refractivity contribution in [2.75, 3.05) is 0 Å². The maximum atomic E-state index is 12.6. The zero-order valence-corrected chi connectivity index (χ0v) is 14.1. The third-order valence-electron chi connectivity index (χ3n) is 3.84. The lowest BCUT2D eigenvalue weighted by molar-refractivity contribution is -0.155.